The van der Waals surface area contributed by atoms with E-state index in [4.69, 9.17) is 4.74 Å². The number of rotatable bonds is 9. The van der Waals surface area contributed by atoms with Crippen molar-refractivity contribution in [3.8, 4) is 0 Å². The molecule has 1 amide bonds. The molecule has 0 saturated heterocycles. The van der Waals surface area contributed by atoms with Crippen LogP contribution in [0.1, 0.15) is 32.0 Å². The Morgan fingerprint density at radius 2 is 1.62 bits per heavy atom. The van der Waals surface area contributed by atoms with Crippen molar-refractivity contribution in [2.45, 2.75) is 6.54 Å². The molecule has 7 heteroatoms. The molecule has 2 aromatic carbocycles. The van der Waals surface area contributed by atoms with Crippen LogP contribution in [0.15, 0.2) is 85.1 Å². The minimum atomic E-state index is -0.770. The van der Waals surface area contributed by atoms with Gasteiger partial charge in [-0.15, -0.1) is 0 Å². The molecule has 0 aliphatic carbocycles. The highest BCUT2D eigenvalue weighted by Crippen LogP contribution is 2.14. The number of aromatic nitrogens is 1. The van der Waals surface area contributed by atoms with Crippen LogP contribution >= 0.6 is 0 Å². The molecule has 0 bridgehead atoms. The standard InChI is InChI=1S/C25H24N2O5/c1-31-25(30)32-15-9-8-14-27(18-19-10-4-2-5-11-19)24(29)22-16-21(17-26-22)23(28)20-12-6-3-7-13-20/h2-13,16-17,26H,14-15,18H2,1H3/b9-8+. The van der Waals surface area contributed by atoms with Crippen LogP contribution in [0, 0.1) is 0 Å². The Hall–Kier alpha value is -4.13. The number of hydrogen-bond acceptors (Lipinski definition) is 5. The molecule has 0 fully saturated rings. The van der Waals surface area contributed by atoms with Crippen LogP contribution < -0.4 is 0 Å². The Morgan fingerprint density at radius 3 is 2.31 bits per heavy atom. The average molecular weight is 432 g/mol. The molecule has 7 nitrogen and oxygen atoms in total. The zero-order valence-corrected chi connectivity index (χ0v) is 17.7. The van der Waals surface area contributed by atoms with Gasteiger partial charge in [0.25, 0.3) is 5.91 Å². The summed E-state index contributed by atoms with van der Waals surface area (Å²) in [5, 5.41) is 0. The SMILES string of the molecule is COC(=O)OC/C=C/CN(Cc1ccccc1)C(=O)c1cc(C(=O)c2ccccc2)c[nH]1. The molecule has 0 unspecified atom stereocenters. The largest absolute Gasteiger partial charge is 0.508 e. The second kappa shape index (κ2) is 11.3. The van der Waals surface area contributed by atoms with E-state index in [0.29, 0.717) is 29.9 Å². The van der Waals surface area contributed by atoms with E-state index >= 15 is 0 Å². The minimum absolute atomic E-state index is 0.0399. The average Bonchev–Trinajstić information content (AvgIpc) is 3.33. The summed E-state index contributed by atoms with van der Waals surface area (Å²) < 4.78 is 9.23. The number of hydrogen-bond donors (Lipinski definition) is 1. The number of amides is 1. The second-order valence-corrected chi connectivity index (χ2v) is 6.90. The van der Waals surface area contributed by atoms with Gasteiger partial charge in [-0.1, -0.05) is 66.7 Å². The third-order valence-corrected chi connectivity index (χ3v) is 4.67. The number of H-pyrrole nitrogens is 1. The molecule has 0 aliphatic rings. The number of carbonyl (C=O) groups is 3. The number of carbonyl (C=O) groups excluding carboxylic acids is 3. The van der Waals surface area contributed by atoms with E-state index in [0.717, 1.165) is 5.56 Å². The zero-order chi connectivity index (χ0) is 22.8. The van der Waals surface area contributed by atoms with Crippen molar-refractivity contribution in [2.75, 3.05) is 20.3 Å². The van der Waals surface area contributed by atoms with Gasteiger partial charge in [0.05, 0.1) is 7.11 Å². The molecule has 0 aliphatic heterocycles. The predicted molar refractivity (Wildman–Crippen MR) is 119 cm³/mol. The Morgan fingerprint density at radius 1 is 0.938 bits per heavy atom. The lowest BCUT2D eigenvalue weighted by molar-refractivity contribution is 0.0751. The van der Waals surface area contributed by atoms with E-state index in [-0.39, 0.29) is 18.3 Å². The summed E-state index contributed by atoms with van der Waals surface area (Å²) in [6, 6.07) is 20.1. The Kier molecular flexibility index (Phi) is 7.97. The first-order valence-corrected chi connectivity index (χ1v) is 10.1. The van der Waals surface area contributed by atoms with Gasteiger partial charge in [0, 0.05) is 30.4 Å². The summed E-state index contributed by atoms with van der Waals surface area (Å²) in [7, 11) is 1.24. The van der Waals surface area contributed by atoms with Crippen LogP contribution in [0.25, 0.3) is 0 Å². The molecule has 0 spiro atoms. The Labute approximate surface area is 186 Å². The zero-order valence-electron chi connectivity index (χ0n) is 17.7. The second-order valence-electron chi connectivity index (χ2n) is 6.90. The van der Waals surface area contributed by atoms with Gasteiger partial charge in [-0.25, -0.2) is 4.79 Å². The molecule has 3 aromatic rings. The van der Waals surface area contributed by atoms with E-state index in [2.05, 4.69) is 9.72 Å². The van der Waals surface area contributed by atoms with Gasteiger partial charge in [-0.2, -0.15) is 0 Å². The highest BCUT2D eigenvalue weighted by Gasteiger charge is 2.19. The van der Waals surface area contributed by atoms with Gasteiger partial charge in [-0.05, 0) is 17.7 Å². The fourth-order valence-corrected chi connectivity index (χ4v) is 3.04. The first-order valence-electron chi connectivity index (χ1n) is 10.1. The molecule has 1 aromatic heterocycles. The number of ketones is 1. The van der Waals surface area contributed by atoms with E-state index in [1.807, 2.05) is 36.4 Å². The third-order valence-electron chi connectivity index (χ3n) is 4.67. The van der Waals surface area contributed by atoms with E-state index in [1.54, 1.807) is 53.6 Å². The summed E-state index contributed by atoms with van der Waals surface area (Å²) in [5.41, 5.74) is 2.26. The van der Waals surface area contributed by atoms with Crippen LogP contribution in [0.3, 0.4) is 0 Å². The Balaban J connectivity index is 1.73. The number of ether oxygens (including phenoxy) is 2. The van der Waals surface area contributed by atoms with Crippen molar-refractivity contribution in [2.24, 2.45) is 0 Å². The minimum Gasteiger partial charge on any atom is -0.438 e. The lowest BCUT2D eigenvalue weighted by atomic mass is 10.1. The monoisotopic (exact) mass is 432 g/mol. The van der Waals surface area contributed by atoms with Gasteiger partial charge in [0.1, 0.15) is 12.3 Å². The summed E-state index contributed by atoms with van der Waals surface area (Å²) in [4.78, 5) is 41.4. The van der Waals surface area contributed by atoms with Gasteiger partial charge in [0.15, 0.2) is 5.78 Å². The van der Waals surface area contributed by atoms with Crippen LogP contribution in [-0.4, -0.2) is 48.0 Å². The fourth-order valence-electron chi connectivity index (χ4n) is 3.04. The summed E-state index contributed by atoms with van der Waals surface area (Å²) >= 11 is 0. The molecule has 32 heavy (non-hydrogen) atoms. The van der Waals surface area contributed by atoms with Crippen molar-refractivity contribution in [1.82, 2.24) is 9.88 Å². The quantitative estimate of drug-likeness (QED) is 0.311. The van der Waals surface area contributed by atoms with Gasteiger partial charge in [0.2, 0.25) is 0 Å². The molecular weight excluding hydrogens is 408 g/mol. The van der Waals surface area contributed by atoms with Crippen molar-refractivity contribution >= 4 is 17.8 Å². The topological polar surface area (TPSA) is 88.7 Å². The van der Waals surface area contributed by atoms with Crippen molar-refractivity contribution < 1.29 is 23.9 Å². The summed E-state index contributed by atoms with van der Waals surface area (Å²) in [6.45, 7) is 0.709. The molecule has 0 radical (unpaired) electrons. The third kappa shape index (κ3) is 6.18. The number of methoxy groups -OCH3 is 1. The van der Waals surface area contributed by atoms with Crippen LogP contribution in [0.4, 0.5) is 4.79 Å². The molecule has 1 N–H and O–H groups in total. The van der Waals surface area contributed by atoms with E-state index in [9.17, 15) is 14.4 Å². The fraction of sp³-hybridized carbons (Fsp3) is 0.160. The van der Waals surface area contributed by atoms with Gasteiger partial charge in [-0.3, -0.25) is 9.59 Å². The van der Waals surface area contributed by atoms with Crippen molar-refractivity contribution in [1.29, 1.82) is 0 Å². The van der Waals surface area contributed by atoms with Crippen LogP contribution in [-0.2, 0) is 16.0 Å². The van der Waals surface area contributed by atoms with Gasteiger partial charge < -0.3 is 19.4 Å². The lowest BCUT2D eigenvalue weighted by Gasteiger charge is -2.21. The maximum absolute atomic E-state index is 13.2. The number of aromatic amines is 1. The molecule has 164 valence electrons. The number of nitrogens with one attached hydrogen (secondary N) is 1. The first kappa shape index (κ1) is 22.6. The molecule has 0 saturated carbocycles. The maximum atomic E-state index is 13.2. The highest BCUT2D eigenvalue weighted by atomic mass is 16.7. The molecule has 3 rings (SSSR count). The summed E-state index contributed by atoms with van der Waals surface area (Å²) in [6.07, 6.45) is 4.15. The Bertz CT molecular complexity index is 1070. The lowest BCUT2D eigenvalue weighted by Crippen LogP contribution is -2.31. The van der Waals surface area contributed by atoms with Crippen molar-refractivity contribution in [3.63, 3.8) is 0 Å². The number of nitrogens with zero attached hydrogens (tertiary/aromatic N) is 1. The van der Waals surface area contributed by atoms with Gasteiger partial charge >= 0.3 is 6.16 Å². The molecular formula is C25H24N2O5. The van der Waals surface area contributed by atoms with E-state index in [1.165, 1.54) is 7.11 Å². The smallest absolute Gasteiger partial charge is 0.438 e. The first-order chi connectivity index (χ1) is 15.6. The van der Waals surface area contributed by atoms with Crippen molar-refractivity contribution in [3.05, 3.63) is 107 Å². The number of benzene rings is 2. The summed E-state index contributed by atoms with van der Waals surface area (Å²) in [5.74, 6) is -0.408. The normalized spacial score (nSPS) is 10.7. The maximum Gasteiger partial charge on any atom is 0.508 e. The van der Waals surface area contributed by atoms with Crippen LogP contribution in [0.5, 0.6) is 0 Å². The molecule has 1 heterocycles. The predicted octanol–water partition coefficient (Wildman–Crippen LogP) is 4.23. The van der Waals surface area contributed by atoms with Crippen LogP contribution in [0.2, 0.25) is 0 Å². The highest BCUT2D eigenvalue weighted by molar-refractivity contribution is 6.10. The molecule has 0 atom stereocenters. The van der Waals surface area contributed by atoms with E-state index < -0.39 is 6.16 Å².